The predicted octanol–water partition coefficient (Wildman–Crippen LogP) is 3.94. The van der Waals surface area contributed by atoms with Gasteiger partial charge in [-0.05, 0) is 62.1 Å². The summed E-state index contributed by atoms with van der Waals surface area (Å²) in [6.07, 6.45) is 13.7. The van der Waals surface area contributed by atoms with E-state index in [9.17, 15) is 4.79 Å². The van der Waals surface area contributed by atoms with Gasteiger partial charge in [-0.2, -0.15) is 10.2 Å². The lowest BCUT2D eigenvalue weighted by atomic mass is 9.90. The summed E-state index contributed by atoms with van der Waals surface area (Å²) >= 11 is 0. The Labute approximate surface area is 241 Å². The predicted molar refractivity (Wildman–Crippen MR) is 161 cm³/mol. The zero-order chi connectivity index (χ0) is 27.8. The van der Waals surface area contributed by atoms with Gasteiger partial charge < -0.3 is 10.6 Å². The molecule has 0 saturated carbocycles. The Kier molecular flexibility index (Phi) is 7.04. The van der Waals surface area contributed by atoms with Gasteiger partial charge >= 0.3 is 0 Å². The molecule has 9 heteroatoms. The molecular formula is C32H38N8O. The maximum absolute atomic E-state index is 13.0. The van der Waals surface area contributed by atoms with E-state index in [4.69, 9.17) is 10.8 Å². The first-order valence-electron chi connectivity index (χ1n) is 15.0. The Morgan fingerprint density at radius 1 is 1.02 bits per heavy atom. The van der Waals surface area contributed by atoms with Gasteiger partial charge in [0.2, 0.25) is 5.91 Å². The Morgan fingerprint density at radius 2 is 1.83 bits per heavy atom. The van der Waals surface area contributed by atoms with Gasteiger partial charge in [0, 0.05) is 42.7 Å². The maximum atomic E-state index is 13.0. The van der Waals surface area contributed by atoms with Gasteiger partial charge in [-0.25, -0.2) is 9.50 Å². The number of rotatable bonds is 6. The Morgan fingerprint density at radius 3 is 2.63 bits per heavy atom. The highest BCUT2D eigenvalue weighted by molar-refractivity contribution is 6.09. The number of fused-ring (bicyclic) bond motifs is 2. The van der Waals surface area contributed by atoms with Crippen molar-refractivity contribution in [2.75, 3.05) is 45.0 Å². The number of carbonyl (C=O) groups is 1. The molecule has 1 amide bonds. The van der Waals surface area contributed by atoms with Crippen LogP contribution < -0.4 is 5.73 Å². The van der Waals surface area contributed by atoms with Crippen LogP contribution in [0.15, 0.2) is 66.1 Å². The van der Waals surface area contributed by atoms with Crippen LogP contribution >= 0.6 is 0 Å². The van der Waals surface area contributed by atoms with Crippen molar-refractivity contribution in [3.05, 3.63) is 77.8 Å². The molecule has 3 aliphatic heterocycles. The van der Waals surface area contributed by atoms with E-state index in [0.29, 0.717) is 18.3 Å². The number of aromatic nitrogens is 3. The average Bonchev–Trinajstić information content (AvgIpc) is 3.60. The molecular weight excluding hydrogens is 512 g/mol. The summed E-state index contributed by atoms with van der Waals surface area (Å²) < 4.78 is 1.98. The van der Waals surface area contributed by atoms with E-state index in [1.807, 2.05) is 10.6 Å². The first-order chi connectivity index (χ1) is 20.1. The van der Waals surface area contributed by atoms with Crippen LogP contribution in [0.1, 0.15) is 54.8 Å². The van der Waals surface area contributed by atoms with Crippen molar-refractivity contribution in [1.82, 2.24) is 29.4 Å². The lowest BCUT2D eigenvalue weighted by Gasteiger charge is -2.34. The fourth-order valence-electron chi connectivity index (χ4n) is 6.82. The molecule has 2 N–H and O–H groups in total. The number of anilines is 1. The lowest BCUT2D eigenvalue weighted by Crippen LogP contribution is -2.45. The molecule has 2 fully saturated rings. The van der Waals surface area contributed by atoms with E-state index in [-0.39, 0.29) is 11.8 Å². The van der Waals surface area contributed by atoms with Crippen LogP contribution in [0.25, 0.3) is 11.1 Å². The number of carbonyl (C=O) groups excluding carboxylic acids is 1. The van der Waals surface area contributed by atoms with Crippen LogP contribution in [-0.4, -0.2) is 80.3 Å². The number of benzene rings is 1. The minimum absolute atomic E-state index is 0.267. The number of hydrogen-bond donors (Lipinski definition) is 1. The second-order valence-electron chi connectivity index (χ2n) is 11.8. The summed E-state index contributed by atoms with van der Waals surface area (Å²) in [4.78, 5) is 21.7. The molecule has 4 aliphatic rings. The third kappa shape index (κ3) is 5.26. The number of nitrogens with two attached hydrogens (primary N) is 1. The highest BCUT2D eigenvalue weighted by atomic mass is 16.2. The number of allylic oxidation sites excluding steroid dienone is 3. The smallest absolute Gasteiger partial charge is 0.236 e. The van der Waals surface area contributed by atoms with Crippen LogP contribution in [-0.2, 0) is 11.3 Å². The molecule has 2 aromatic heterocycles. The van der Waals surface area contributed by atoms with Crippen LogP contribution in [0.5, 0.6) is 0 Å². The van der Waals surface area contributed by atoms with Crippen molar-refractivity contribution in [3.63, 3.8) is 0 Å². The highest BCUT2D eigenvalue weighted by Gasteiger charge is 2.31. The molecule has 0 spiro atoms. The standard InChI is InChI=1S/C32H38N8O/c33-32-31-27(25-9-10-26-20-39(36-28(26)17-25)19-23-7-3-1-4-8-23)18-29(40(31)35-22-34-32)24-11-15-38(16-12-24)30(41)21-37-13-5-2-6-14-37/h1,3-4,7-10,17-18,22,24,26H,2,5-6,11-16,19-21H2,(H2,33,34,35). The molecule has 0 radical (unpaired) electrons. The zero-order valence-electron chi connectivity index (χ0n) is 23.5. The highest BCUT2D eigenvalue weighted by Crippen LogP contribution is 2.37. The first kappa shape index (κ1) is 26.0. The van der Waals surface area contributed by atoms with Crippen LogP contribution in [0.3, 0.4) is 0 Å². The van der Waals surface area contributed by atoms with Crippen LogP contribution in [0, 0.1) is 5.92 Å². The fraction of sp³-hybridized carbons (Fsp3) is 0.438. The summed E-state index contributed by atoms with van der Waals surface area (Å²) in [5.74, 6) is 1.33. The van der Waals surface area contributed by atoms with Gasteiger partial charge in [0.05, 0.1) is 18.8 Å². The second kappa shape index (κ2) is 11.1. The minimum Gasteiger partial charge on any atom is -0.382 e. The largest absolute Gasteiger partial charge is 0.382 e. The van der Waals surface area contributed by atoms with Crippen LogP contribution in [0.4, 0.5) is 5.82 Å². The molecule has 0 bridgehead atoms. The van der Waals surface area contributed by atoms with Gasteiger partial charge in [0.25, 0.3) is 0 Å². The maximum Gasteiger partial charge on any atom is 0.236 e. The monoisotopic (exact) mass is 550 g/mol. The van der Waals surface area contributed by atoms with E-state index >= 15 is 0 Å². The number of nitrogen functional groups attached to an aromatic ring is 1. The Hall–Kier alpha value is -3.98. The van der Waals surface area contributed by atoms with Gasteiger partial charge in [0.15, 0.2) is 5.82 Å². The van der Waals surface area contributed by atoms with Crippen molar-refractivity contribution in [2.24, 2.45) is 11.0 Å². The van der Waals surface area contributed by atoms with Crippen molar-refractivity contribution < 1.29 is 4.79 Å². The number of hydrazone groups is 1. The number of nitrogens with zero attached hydrogens (tertiary/aromatic N) is 7. The molecule has 7 rings (SSSR count). The Balaban J connectivity index is 1.10. The van der Waals surface area contributed by atoms with Crippen molar-refractivity contribution in [2.45, 2.75) is 44.6 Å². The topological polar surface area (TPSA) is 95.4 Å². The van der Waals surface area contributed by atoms with Crippen molar-refractivity contribution >= 4 is 28.5 Å². The number of piperidine rings is 2. The molecule has 41 heavy (non-hydrogen) atoms. The van der Waals surface area contributed by atoms with E-state index in [2.05, 4.69) is 73.5 Å². The third-order valence-corrected chi connectivity index (χ3v) is 9.06. The van der Waals surface area contributed by atoms with E-state index in [1.54, 1.807) is 0 Å². The Bertz CT molecular complexity index is 1510. The fourth-order valence-corrected chi connectivity index (χ4v) is 6.82. The van der Waals surface area contributed by atoms with Crippen molar-refractivity contribution in [1.29, 1.82) is 0 Å². The van der Waals surface area contributed by atoms with Gasteiger partial charge in [-0.15, -0.1) is 0 Å². The minimum atomic E-state index is 0.267. The lowest BCUT2D eigenvalue weighted by molar-refractivity contribution is -0.133. The van der Waals surface area contributed by atoms with Gasteiger partial charge in [0.1, 0.15) is 11.8 Å². The van der Waals surface area contributed by atoms with E-state index in [0.717, 1.165) is 80.2 Å². The molecule has 9 nitrogen and oxygen atoms in total. The SMILES string of the molecule is Nc1ncnn2c(C3CCN(C(=O)CN4CCCCC4)CC3)cc(C3=CC4=NN(Cc5ccccc5)CC4C=C3)c12. The molecule has 1 atom stereocenters. The van der Waals surface area contributed by atoms with E-state index in [1.165, 1.54) is 31.2 Å². The molecule has 3 aromatic rings. The average molecular weight is 551 g/mol. The third-order valence-electron chi connectivity index (χ3n) is 9.06. The quantitative estimate of drug-likeness (QED) is 0.500. The molecule has 1 aromatic carbocycles. The molecule has 212 valence electrons. The first-order valence-corrected chi connectivity index (χ1v) is 15.0. The summed E-state index contributed by atoms with van der Waals surface area (Å²) in [5, 5.41) is 11.8. The molecule has 2 saturated heterocycles. The summed E-state index contributed by atoms with van der Waals surface area (Å²) in [6.45, 7) is 5.89. The number of hydrogen-bond acceptors (Lipinski definition) is 7. The zero-order valence-corrected chi connectivity index (χ0v) is 23.5. The number of likely N-dealkylation sites (tertiary alicyclic amines) is 2. The molecule has 5 heterocycles. The summed E-state index contributed by atoms with van der Waals surface area (Å²) in [7, 11) is 0. The summed E-state index contributed by atoms with van der Waals surface area (Å²) in [6, 6.07) is 12.7. The second-order valence-corrected chi connectivity index (χ2v) is 11.8. The van der Waals surface area contributed by atoms with Crippen molar-refractivity contribution in [3.8, 4) is 0 Å². The molecule has 1 aliphatic carbocycles. The molecule has 1 unspecified atom stereocenters. The van der Waals surface area contributed by atoms with E-state index < -0.39 is 0 Å². The van der Waals surface area contributed by atoms with Crippen LogP contribution in [0.2, 0.25) is 0 Å². The van der Waals surface area contributed by atoms with Gasteiger partial charge in [-0.3, -0.25) is 14.7 Å². The normalized spacial score (nSPS) is 21.7. The summed E-state index contributed by atoms with van der Waals surface area (Å²) in [5.41, 5.74) is 12.9. The number of amides is 1. The van der Waals surface area contributed by atoms with Gasteiger partial charge in [-0.1, -0.05) is 48.9 Å².